The monoisotopic (exact) mass is 151 g/mol. The van der Waals surface area contributed by atoms with Gasteiger partial charge in [0.1, 0.15) is 0 Å². The van der Waals surface area contributed by atoms with Crippen LogP contribution in [0.25, 0.3) is 0 Å². The van der Waals surface area contributed by atoms with Gasteiger partial charge in [-0.3, -0.25) is 8.74 Å². The van der Waals surface area contributed by atoms with Crippen LogP contribution in [0.1, 0.15) is 6.42 Å². The summed E-state index contributed by atoms with van der Waals surface area (Å²) in [6.07, 6.45) is 1.05. The lowest BCUT2D eigenvalue weighted by Crippen LogP contribution is -2.18. The van der Waals surface area contributed by atoms with E-state index in [4.69, 9.17) is 4.18 Å². The zero-order valence-electron chi connectivity index (χ0n) is 5.83. The third-order valence-electron chi connectivity index (χ3n) is 1.64. The minimum atomic E-state index is -1.79. The number of hydrogen-bond acceptors (Lipinski definition) is 3. The molecule has 1 atom stereocenters. The maximum absolute atomic E-state index is 9.56. The molecule has 1 fully saturated rings. The Kier molecular flexibility index (Phi) is 2.00. The van der Waals surface area contributed by atoms with Crippen LogP contribution in [0, 0.1) is 0 Å². The first-order chi connectivity index (χ1) is 4.19. The van der Waals surface area contributed by atoms with Crippen molar-refractivity contribution in [3.05, 3.63) is 0 Å². The fourth-order valence-corrected chi connectivity index (χ4v) is 2.64. The van der Waals surface area contributed by atoms with Gasteiger partial charge >= 0.3 is 0 Å². The van der Waals surface area contributed by atoms with Crippen molar-refractivity contribution >= 4 is 10.8 Å². The van der Waals surface area contributed by atoms with Crippen LogP contribution in [0.2, 0.25) is 0 Å². The summed E-state index contributed by atoms with van der Waals surface area (Å²) in [6, 6.07) is 0. The van der Waals surface area contributed by atoms with E-state index in [-0.39, 0.29) is 0 Å². The Morgan fingerprint density at radius 2 is 2.33 bits per heavy atom. The molecule has 1 unspecified atom stereocenters. The van der Waals surface area contributed by atoms with Crippen LogP contribution in [-0.4, -0.2) is 35.3 Å². The molecule has 3 nitrogen and oxygen atoms in total. The van der Waals surface area contributed by atoms with Crippen molar-refractivity contribution < 1.29 is 8.74 Å². The second-order valence-electron chi connectivity index (χ2n) is 2.18. The van der Waals surface area contributed by atoms with Crippen molar-refractivity contribution in [1.82, 2.24) is 4.31 Å². The molecule has 0 aromatic carbocycles. The first-order valence-corrected chi connectivity index (χ1v) is 4.63. The number of hydrogen-bond donors (Lipinski definition) is 1. The van der Waals surface area contributed by atoms with Gasteiger partial charge in [-0.25, -0.2) is 4.31 Å². The lowest BCUT2D eigenvalue weighted by atomic mass is 10.5. The van der Waals surface area contributed by atoms with Crippen LogP contribution < -0.4 is 0 Å². The number of nitrogens with zero attached hydrogens (tertiary/aromatic N) is 1. The van der Waals surface area contributed by atoms with E-state index >= 15 is 0 Å². The van der Waals surface area contributed by atoms with Gasteiger partial charge in [-0.1, -0.05) is 0 Å². The summed E-state index contributed by atoms with van der Waals surface area (Å²) in [4.78, 5) is 0. The fraction of sp³-hybridized carbons (Fsp3) is 1.00. The predicted molar refractivity (Wildman–Crippen MR) is 39.3 cm³/mol. The first kappa shape index (κ1) is 7.34. The van der Waals surface area contributed by atoms with Gasteiger partial charge in [-0.05, 0) is 6.42 Å². The standard InChI is InChI=1S/C5H13NO2S/c1-6-4-3-5-9(6,7)8-2/h7H,3-5H2,1-2H3. The third-order valence-corrected chi connectivity index (χ3v) is 4.15. The maximum Gasteiger partial charge on any atom is 0.0620 e. The van der Waals surface area contributed by atoms with Crippen molar-refractivity contribution in [3.8, 4) is 0 Å². The molecule has 9 heavy (non-hydrogen) atoms. The summed E-state index contributed by atoms with van der Waals surface area (Å²) in [5.74, 6) is 0.806. The second kappa shape index (κ2) is 2.46. The normalized spacial score (nSPS) is 44.8. The lowest BCUT2D eigenvalue weighted by molar-refractivity contribution is 0.351. The highest BCUT2D eigenvalue weighted by Crippen LogP contribution is 2.51. The third kappa shape index (κ3) is 1.21. The van der Waals surface area contributed by atoms with Crippen molar-refractivity contribution in [2.24, 2.45) is 0 Å². The summed E-state index contributed by atoms with van der Waals surface area (Å²) in [6.45, 7) is 0.958. The quantitative estimate of drug-likeness (QED) is 0.608. The molecule has 1 aliphatic rings. The molecule has 0 aliphatic carbocycles. The molecular formula is C5H13NO2S. The summed E-state index contributed by atoms with van der Waals surface area (Å²) < 4.78 is 16.4. The maximum atomic E-state index is 9.56. The lowest BCUT2D eigenvalue weighted by Gasteiger charge is -2.37. The van der Waals surface area contributed by atoms with Crippen molar-refractivity contribution in [1.29, 1.82) is 0 Å². The molecular weight excluding hydrogens is 138 g/mol. The minimum Gasteiger partial charge on any atom is -0.285 e. The highest BCUT2D eigenvalue weighted by Gasteiger charge is 2.26. The van der Waals surface area contributed by atoms with E-state index in [1.807, 2.05) is 11.4 Å². The van der Waals surface area contributed by atoms with Gasteiger partial charge in [0.25, 0.3) is 0 Å². The second-order valence-corrected chi connectivity index (χ2v) is 4.76. The van der Waals surface area contributed by atoms with E-state index in [9.17, 15) is 4.55 Å². The van der Waals surface area contributed by atoms with Gasteiger partial charge in [0, 0.05) is 13.6 Å². The molecule has 0 saturated carbocycles. The van der Waals surface area contributed by atoms with E-state index in [0.717, 1.165) is 18.7 Å². The SMILES string of the molecule is COS1(O)CCCN1C. The van der Waals surface area contributed by atoms with E-state index < -0.39 is 10.8 Å². The average Bonchev–Trinajstić information content (AvgIpc) is 2.15. The van der Waals surface area contributed by atoms with Gasteiger partial charge in [-0.2, -0.15) is 0 Å². The Hall–Kier alpha value is 0.230. The molecule has 1 saturated heterocycles. The molecule has 0 amide bonds. The van der Waals surface area contributed by atoms with Crippen LogP contribution in [0.4, 0.5) is 0 Å². The summed E-state index contributed by atoms with van der Waals surface area (Å²) in [5, 5.41) is 0. The summed E-state index contributed by atoms with van der Waals surface area (Å²) in [5.41, 5.74) is 0. The van der Waals surface area contributed by atoms with Gasteiger partial charge in [0.05, 0.1) is 12.9 Å². The van der Waals surface area contributed by atoms with Crippen LogP contribution in [0.15, 0.2) is 0 Å². The molecule has 0 spiro atoms. The van der Waals surface area contributed by atoms with Crippen molar-refractivity contribution in [2.75, 3.05) is 26.5 Å². The van der Waals surface area contributed by atoms with Gasteiger partial charge < -0.3 is 0 Å². The van der Waals surface area contributed by atoms with Crippen LogP contribution >= 0.6 is 10.8 Å². The molecule has 1 aliphatic heterocycles. The Morgan fingerprint density at radius 3 is 2.56 bits per heavy atom. The Bertz CT molecular complexity index is 111. The van der Waals surface area contributed by atoms with Gasteiger partial charge in [0.2, 0.25) is 0 Å². The molecule has 1 heterocycles. The predicted octanol–water partition coefficient (Wildman–Crippen LogP) is 1.08. The zero-order chi connectivity index (χ0) is 6.91. The molecule has 1 rings (SSSR count). The molecule has 0 aromatic heterocycles. The fourth-order valence-electron chi connectivity index (χ4n) is 0.984. The molecule has 1 N–H and O–H groups in total. The molecule has 0 aromatic rings. The van der Waals surface area contributed by atoms with E-state index in [1.54, 1.807) is 7.11 Å². The van der Waals surface area contributed by atoms with Crippen LogP contribution in [-0.2, 0) is 4.18 Å². The smallest absolute Gasteiger partial charge is 0.0620 e. The van der Waals surface area contributed by atoms with Gasteiger partial charge in [-0.15, -0.1) is 10.8 Å². The van der Waals surface area contributed by atoms with Crippen molar-refractivity contribution in [3.63, 3.8) is 0 Å². The summed E-state index contributed by atoms with van der Waals surface area (Å²) in [7, 11) is 1.67. The highest BCUT2D eigenvalue weighted by molar-refractivity contribution is 8.23. The Morgan fingerprint density at radius 1 is 1.67 bits per heavy atom. The van der Waals surface area contributed by atoms with E-state index in [2.05, 4.69) is 0 Å². The molecule has 0 bridgehead atoms. The molecule has 56 valence electrons. The minimum absolute atomic E-state index is 0.806. The Balaban J connectivity index is 2.56. The van der Waals surface area contributed by atoms with Gasteiger partial charge in [0.15, 0.2) is 0 Å². The molecule has 0 radical (unpaired) electrons. The zero-order valence-corrected chi connectivity index (χ0v) is 6.65. The van der Waals surface area contributed by atoms with E-state index in [1.165, 1.54) is 0 Å². The molecule has 4 heteroatoms. The van der Waals surface area contributed by atoms with Crippen molar-refractivity contribution in [2.45, 2.75) is 6.42 Å². The Labute approximate surface area is 57.5 Å². The highest BCUT2D eigenvalue weighted by atomic mass is 32.3. The first-order valence-electron chi connectivity index (χ1n) is 2.99. The van der Waals surface area contributed by atoms with Crippen LogP contribution in [0.3, 0.4) is 0 Å². The topological polar surface area (TPSA) is 32.7 Å². The summed E-state index contributed by atoms with van der Waals surface area (Å²) >= 11 is 0. The number of rotatable bonds is 1. The average molecular weight is 151 g/mol. The van der Waals surface area contributed by atoms with Crippen LogP contribution in [0.5, 0.6) is 0 Å². The largest absolute Gasteiger partial charge is 0.285 e. The van der Waals surface area contributed by atoms with E-state index in [0.29, 0.717) is 0 Å².